The number of nitrogens with two attached hydrogens (primary N) is 2. The molecule has 1 aliphatic heterocycles. The minimum atomic E-state index is -5.08. The highest BCUT2D eigenvalue weighted by Gasteiger charge is 2.38. The van der Waals surface area contributed by atoms with Crippen molar-refractivity contribution in [1.29, 1.82) is 0 Å². The number of alkyl halides is 3. The van der Waals surface area contributed by atoms with Crippen LogP contribution in [-0.4, -0.2) is 41.4 Å². The Hall–Kier alpha value is -2.82. The molecule has 0 spiro atoms. The van der Waals surface area contributed by atoms with E-state index in [-0.39, 0.29) is 5.69 Å². The van der Waals surface area contributed by atoms with Crippen molar-refractivity contribution >= 4 is 17.9 Å². The quantitative estimate of drug-likeness (QED) is 0.423. The van der Waals surface area contributed by atoms with Crippen LogP contribution < -0.4 is 16.2 Å². The number of carbonyl (C=O) groups is 1. The SMILES string of the molecule is CN1C=CC=NC1(N)Oc1ccc(F)c(N)c1.O=C(O)C(F)(F)F. The summed E-state index contributed by atoms with van der Waals surface area (Å²) < 4.78 is 50.2. The molecule has 7 nitrogen and oxygen atoms in total. The van der Waals surface area contributed by atoms with Gasteiger partial charge in [0.15, 0.2) is 0 Å². The number of ether oxygens (including phenoxy) is 1. The summed E-state index contributed by atoms with van der Waals surface area (Å²) in [6, 6.07) is 4.03. The zero-order valence-corrected chi connectivity index (χ0v) is 12.3. The second-order valence-corrected chi connectivity index (χ2v) is 4.48. The Morgan fingerprint density at radius 3 is 2.46 bits per heavy atom. The van der Waals surface area contributed by atoms with Gasteiger partial charge in [-0.15, -0.1) is 0 Å². The predicted octanol–water partition coefficient (Wildman–Crippen LogP) is 1.52. The average Bonchev–Trinajstić information content (AvgIpc) is 2.46. The van der Waals surface area contributed by atoms with Crippen molar-refractivity contribution in [2.75, 3.05) is 12.8 Å². The molecule has 0 fully saturated rings. The topological polar surface area (TPSA) is 114 Å². The van der Waals surface area contributed by atoms with Gasteiger partial charge in [0.05, 0.1) is 5.69 Å². The molecule has 1 unspecified atom stereocenters. The summed E-state index contributed by atoms with van der Waals surface area (Å²) in [4.78, 5) is 14.5. The van der Waals surface area contributed by atoms with Crippen LogP contribution in [0.25, 0.3) is 0 Å². The highest BCUT2D eigenvalue weighted by atomic mass is 19.4. The van der Waals surface area contributed by atoms with Gasteiger partial charge in [-0.25, -0.2) is 14.2 Å². The zero-order chi connectivity index (χ0) is 18.5. The molecule has 1 aliphatic rings. The Morgan fingerprint density at radius 1 is 1.42 bits per heavy atom. The van der Waals surface area contributed by atoms with Gasteiger partial charge in [-0.2, -0.15) is 13.2 Å². The Labute approximate surface area is 133 Å². The van der Waals surface area contributed by atoms with Gasteiger partial charge in [0.1, 0.15) is 11.6 Å². The molecule has 0 saturated carbocycles. The smallest absolute Gasteiger partial charge is 0.475 e. The van der Waals surface area contributed by atoms with Crippen molar-refractivity contribution < 1.29 is 32.2 Å². The molecule has 2 rings (SSSR count). The number of halogens is 4. The molecule has 0 radical (unpaired) electrons. The fourth-order valence-corrected chi connectivity index (χ4v) is 1.37. The number of rotatable bonds is 2. The van der Waals surface area contributed by atoms with Gasteiger partial charge in [0, 0.05) is 25.5 Å². The van der Waals surface area contributed by atoms with Crippen LogP contribution in [0.3, 0.4) is 0 Å². The van der Waals surface area contributed by atoms with E-state index in [1.54, 1.807) is 24.2 Å². The minimum Gasteiger partial charge on any atom is -0.475 e. The van der Waals surface area contributed by atoms with E-state index in [1.807, 2.05) is 0 Å². The maximum atomic E-state index is 13.0. The van der Waals surface area contributed by atoms with Crippen LogP contribution in [0.4, 0.5) is 23.2 Å². The molecule has 0 aromatic heterocycles. The maximum absolute atomic E-state index is 13.0. The number of aliphatic carboxylic acids is 1. The van der Waals surface area contributed by atoms with Gasteiger partial charge in [0.2, 0.25) is 0 Å². The summed E-state index contributed by atoms with van der Waals surface area (Å²) in [5, 5.41) is 7.12. The van der Waals surface area contributed by atoms with Crippen molar-refractivity contribution in [3.63, 3.8) is 0 Å². The van der Waals surface area contributed by atoms with Crippen LogP contribution in [0.1, 0.15) is 0 Å². The normalized spacial score (nSPS) is 19.5. The number of carboxylic acid groups (broad SMARTS) is 1. The number of aliphatic imine (C=N–C) groups is 1. The predicted molar refractivity (Wildman–Crippen MR) is 77.4 cm³/mol. The molecule has 0 saturated heterocycles. The van der Waals surface area contributed by atoms with Gasteiger partial charge >= 0.3 is 18.1 Å². The number of benzene rings is 1. The summed E-state index contributed by atoms with van der Waals surface area (Å²) in [5.74, 6) is -4.24. The monoisotopic (exact) mass is 350 g/mol. The second kappa shape index (κ2) is 7.17. The van der Waals surface area contributed by atoms with Crippen LogP contribution >= 0.6 is 0 Å². The second-order valence-electron chi connectivity index (χ2n) is 4.48. The van der Waals surface area contributed by atoms with E-state index >= 15 is 0 Å². The van der Waals surface area contributed by atoms with Crippen molar-refractivity contribution in [3.05, 3.63) is 36.3 Å². The van der Waals surface area contributed by atoms with Crippen LogP contribution in [0.5, 0.6) is 5.75 Å². The average molecular weight is 350 g/mol. The van der Waals surface area contributed by atoms with Gasteiger partial charge in [-0.3, -0.25) is 5.73 Å². The van der Waals surface area contributed by atoms with Crippen molar-refractivity contribution in [2.24, 2.45) is 10.7 Å². The van der Waals surface area contributed by atoms with Crippen molar-refractivity contribution in [1.82, 2.24) is 4.90 Å². The van der Waals surface area contributed by atoms with Crippen LogP contribution in [0, 0.1) is 5.82 Å². The fourth-order valence-electron chi connectivity index (χ4n) is 1.37. The first-order chi connectivity index (χ1) is 11.0. The third kappa shape index (κ3) is 5.12. The fraction of sp³-hybridized carbons (Fsp3) is 0.231. The molecular weight excluding hydrogens is 336 g/mol. The molecule has 1 aromatic rings. The molecule has 132 valence electrons. The van der Waals surface area contributed by atoms with Gasteiger partial charge in [-0.1, -0.05) is 0 Å². The van der Waals surface area contributed by atoms with E-state index in [2.05, 4.69) is 4.99 Å². The first-order valence-electron chi connectivity index (χ1n) is 6.23. The number of carboxylic acids is 1. The van der Waals surface area contributed by atoms with Crippen LogP contribution in [-0.2, 0) is 4.79 Å². The summed E-state index contributed by atoms with van der Waals surface area (Å²) >= 11 is 0. The molecule has 5 N–H and O–H groups in total. The first-order valence-corrected chi connectivity index (χ1v) is 6.23. The van der Waals surface area contributed by atoms with E-state index < -0.39 is 23.9 Å². The minimum absolute atomic E-state index is 0.00378. The van der Waals surface area contributed by atoms with Gasteiger partial charge in [-0.05, 0) is 18.2 Å². The third-order valence-electron chi connectivity index (χ3n) is 2.64. The van der Waals surface area contributed by atoms with Gasteiger partial charge < -0.3 is 20.5 Å². The Morgan fingerprint density at radius 2 is 2.00 bits per heavy atom. The highest BCUT2D eigenvalue weighted by molar-refractivity contribution is 5.73. The van der Waals surface area contributed by atoms with E-state index in [0.29, 0.717) is 5.75 Å². The lowest BCUT2D eigenvalue weighted by Gasteiger charge is -2.35. The third-order valence-corrected chi connectivity index (χ3v) is 2.64. The first kappa shape index (κ1) is 19.2. The van der Waals surface area contributed by atoms with E-state index in [4.69, 9.17) is 26.1 Å². The van der Waals surface area contributed by atoms with Crippen molar-refractivity contribution in [2.45, 2.75) is 12.1 Å². The van der Waals surface area contributed by atoms with Crippen molar-refractivity contribution in [3.8, 4) is 5.75 Å². The number of anilines is 1. The number of nitrogens with zero attached hydrogens (tertiary/aromatic N) is 2. The maximum Gasteiger partial charge on any atom is 0.490 e. The van der Waals surface area contributed by atoms with Crippen LogP contribution in [0.2, 0.25) is 0 Å². The molecule has 1 heterocycles. The zero-order valence-electron chi connectivity index (χ0n) is 12.3. The van der Waals surface area contributed by atoms with Crippen LogP contribution in [0.15, 0.2) is 35.5 Å². The summed E-state index contributed by atoms with van der Waals surface area (Å²) in [7, 11) is 1.72. The largest absolute Gasteiger partial charge is 0.490 e. The molecular formula is C13H14F4N4O3. The molecule has 0 amide bonds. The lowest BCUT2D eigenvalue weighted by atomic mass is 10.3. The van der Waals surface area contributed by atoms with E-state index in [0.717, 1.165) is 0 Å². The molecule has 1 aromatic carbocycles. The summed E-state index contributed by atoms with van der Waals surface area (Å²) in [6.07, 6.45) is -0.0970. The number of hydrogen-bond donors (Lipinski definition) is 3. The Kier molecular flexibility index (Phi) is 5.74. The Bertz CT molecular complexity index is 663. The summed E-state index contributed by atoms with van der Waals surface area (Å²) in [6.45, 7) is 0. The molecule has 1 atom stereocenters. The molecule has 11 heteroatoms. The number of hydrogen-bond acceptors (Lipinski definition) is 6. The lowest BCUT2D eigenvalue weighted by Crippen LogP contribution is -2.56. The lowest BCUT2D eigenvalue weighted by molar-refractivity contribution is -0.192. The van der Waals surface area contributed by atoms with E-state index in [1.165, 1.54) is 24.4 Å². The highest BCUT2D eigenvalue weighted by Crippen LogP contribution is 2.23. The van der Waals surface area contributed by atoms with Gasteiger partial charge in [0.25, 0.3) is 0 Å². The standard InChI is InChI=1S/C11H13FN4O.C2HF3O2/c1-16-6-2-5-15-11(16,14)17-8-3-4-9(12)10(13)7-8;3-2(4,5)1(6)7/h2-7H,13-14H2,1H3;(H,6,7). The summed E-state index contributed by atoms with van der Waals surface area (Å²) in [5.41, 5.74) is 11.4. The molecule has 0 bridgehead atoms. The molecule has 24 heavy (non-hydrogen) atoms. The number of allylic oxidation sites excluding steroid dienone is 1. The van der Waals surface area contributed by atoms with E-state index in [9.17, 15) is 17.6 Å². The molecule has 0 aliphatic carbocycles. The number of nitrogen functional groups attached to an aromatic ring is 1. The Balaban J connectivity index is 0.000000351.